The summed E-state index contributed by atoms with van der Waals surface area (Å²) in [5.74, 6) is 1.71. The first-order valence-corrected chi connectivity index (χ1v) is 7.06. The zero-order valence-electron chi connectivity index (χ0n) is 11.4. The van der Waals surface area contributed by atoms with Crippen molar-refractivity contribution in [3.63, 3.8) is 0 Å². The van der Waals surface area contributed by atoms with Crippen LogP contribution in [0.4, 0.5) is 0 Å². The lowest BCUT2D eigenvalue weighted by Crippen LogP contribution is -2.17. The fourth-order valence-electron chi connectivity index (χ4n) is 2.11. The van der Waals surface area contributed by atoms with Crippen LogP contribution in [0.15, 0.2) is 34.9 Å². The molecule has 1 aliphatic carbocycles. The number of rotatable bonds is 6. The summed E-state index contributed by atoms with van der Waals surface area (Å²) in [5, 5.41) is 3.50. The first-order valence-electron chi connectivity index (χ1n) is 7.06. The van der Waals surface area contributed by atoms with E-state index in [1.54, 1.807) is 0 Å². The Morgan fingerprint density at radius 2 is 2.05 bits per heavy atom. The van der Waals surface area contributed by atoms with Crippen LogP contribution < -0.4 is 5.32 Å². The molecule has 100 valence electrons. The van der Waals surface area contributed by atoms with Gasteiger partial charge in [-0.25, -0.2) is 4.98 Å². The van der Waals surface area contributed by atoms with Crippen molar-refractivity contribution in [3.05, 3.63) is 41.9 Å². The number of aromatic nitrogens is 1. The summed E-state index contributed by atoms with van der Waals surface area (Å²) < 4.78 is 5.79. The van der Waals surface area contributed by atoms with E-state index in [1.807, 2.05) is 6.20 Å². The SMILES string of the molecule is Cc1ccc(-c2cnc(CCCNC3CC3)o2)cc1. The van der Waals surface area contributed by atoms with Gasteiger partial charge in [0.15, 0.2) is 11.7 Å². The van der Waals surface area contributed by atoms with E-state index in [9.17, 15) is 0 Å². The predicted octanol–water partition coefficient (Wildman–Crippen LogP) is 3.33. The van der Waals surface area contributed by atoms with Gasteiger partial charge in [0.05, 0.1) is 6.20 Å². The van der Waals surface area contributed by atoms with Crippen molar-refractivity contribution in [2.24, 2.45) is 0 Å². The summed E-state index contributed by atoms with van der Waals surface area (Å²) in [7, 11) is 0. The predicted molar refractivity (Wildman–Crippen MR) is 76.0 cm³/mol. The highest BCUT2D eigenvalue weighted by molar-refractivity contribution is 5.56. The molecule has 19 heavy (non-hydrogen) atoms. The minimum absolute atomic E-state index is 0.785. The third-order valence-electron chi connectivity index (χ3n) is 3.47. The van der Waals surface area contributed by atoms with Crippen LogP contribution in [0.3, 0.4) is 0 Å². The Morgan fingerprint density at radius 1 is 1.26 bits per heavy atom. The minimum Gasteiger partial charge on any atom is -0.441 e. The maximum atomic E-state index is 5.79. The Morgan fingerprint density at radius 3 is 2.79 bits per heavy atom. The van der Waals surface area contributed by atoms with Crippen molar-refractivity contribution in [2.45, 2.75) is 38.6 Å². The Kier molecular flexibility index (Phi) is 3.65. The van der Waals surface area contributed by atoms with Crippen LogP contribution >= 0.6 is 0 Å². The summed E-state index contributed by atoms with van der Waals surface area (Å²) in [6, 6.07) is 9.13. The highest BCUT2D eigenvalue weighted by Gasteiger charge is 2.19. The molecular formula is C16H20N2O. The lowest BCUT2D eigenvalue weighted by atomic mass is 10.1. The van der Waals surface area contributed by atoms with E-state index in [1.165, 1.54) is 18.4 Å². The molecule has 0 atom stereocenters. The molecule has 0 aliphatic heterocycles. The van der Waals surface area contributed by atoms with Gasteiger partial charge < -0.3 is 9.73 Å². The molecule has 1 aromatic carbocycles. The van der Waals surface area contributed by atoms with Crippen LogP contribution in [-0.4, -0.2) is 17.6 Å². The molecule has 0 spiro atoms. The van der Waals surface area contributed by atoms with E-state index in [0.29, 0.717) is 0 Å². The molecule has 1 fully saturated rings. The lowest BCUT2D eigenvalue weighted by Gasteiger charge is -2.00. The Labute approximate surface area is 114 Å². The van der Waals surface area contributed by atoms with Crippen LogP contribution in [0.2, 0.25) is 0 Å². The van der Waals surface area contributed by atoms with E-state index in [4.69, 9.17) is 4.42 Å². The third-order valence-corrected chi connectivity index (χ3v) is 3.47. The highest BCUT2D eigenvalue weighted by Crippen LogP contribution is 2.21. The molecule has 1 saturated carbocycles. The van der Waals surface area contributed by atoms with Gasteiger partial charge >= 0.3 is 0 Å². The van der Waals surface area contributed by atoms with Gasteiger partial charge in [0.25, 0.3) is 0 Å². The number of hydrogen-bond donors (Lipinski definition) is 1. The first-order chi connectivity index (χ1) is 9.31. The standard InChI is InChI=1S/C16H20N2O/c1-12-4-6-13(7-5-12)15-11-18-16(19-15)3-2-10-17-14-8-9-14/h4-7,11,14,17H,2-3,8-10H2,1H3. The minimum atomic E-state index is 0.785. The average molecular weight is 256 g/mol. The van der Waals surface area contributed by atoms with Crippen LogP contribution in [0.1, 0.15) is 30.7 Å². The smallest absolute Gasteiger partial charge is 0.194 e. The van der Waals surface area contributed by atoms with Crippen LogP contribution in [0.25, 0.3) is 11.3 Å². The van der Waals surface area contributed by atoms with Crippen molar-refractivity contribution >= 4 is 0 Å². The maximum Gasteiger partial charge on any atom is 0.194 e. The van der Waals surface area contributed by atoms with E-state index in [0.717, 1.165) is 42.6 Å². The van der Waals surface area contributed by atoms with Gasteiger partial charge in [-0.05, 0) is 32.7 Å². The Hall–Kier alpha value is -1.61. The van der Waals surface area contributed by atoms with Gasteiger partial charge in [0, 0.05) is 18.0 Å². The van der Waals surface area contributed by atoms with E-state index in [2.05, 4.69) is 41.5 Å². The fraction of sp³-hybridized carbons (Fsp3) is 0.438. The molecule has 1 aliphatic rings. The van der Waals surface area contributed by atoms with Gasteiger partial charge in [0.1, 0.15) is 0 Å². The van der Waals surface area contributed by atoms with Crippen molar-refractivity contribution in [3.8, 4) is 11.3 Å². The number of oxazole rings is 1. The van der Waals surface area contributed by atoms with Crippen molar-refractivity contribution in [1.82, 2.24) is 10.3 Å². The van der Waals surface area contributed by atoms with Gasteiger partial charge in [-0.15, -0.1) is 0 Å². The third kappa shape index (κ3) is 3.44. The second-order valence-electron chi connectivity index (χ2n) is 5.32. The van der Waals surface area contributed by atoms with Crippen molar-refractivity contribution in [1.29, 1.82) is 0 Å². The number of aryl methyl sites for hydroxylation is 2. The van der Waals surface area contributed by atoms with Gasteiger partial charge in [-0.3, -0.25) is 0 Å². The quantitative estimate of drug-likeness (QED) is 0.806. The molecule has 0 bridgehead atoms. The number of hydrogen-bond acceptors (Lipinski definition) is 3. The van der Waals surface area contributed by atoms with Crippen molar-refractivity contribution < 1.29 is 4.42 Å². The molecule has 2 aromatic rings. The van der Waals surface area contributed by atoms with Gasteiger partial charge in [0.2, 0.25) is 0 Å². The molecule has 0 unspecified atom stereocenters. The van der Waals surface area contributed by atoms with E-state index < -0.39 is 0 Å². The molecule has 1 N–H and O–H groups in total. The second kappa shape index (κ2) is 5.57. The molecule has 3 heteroatoms. The maximum absolute atomic E-state index is 5.79. The number of benzene rings is 1. The zero-order valence-corrected chi connectivity index (χ0v) is 11.4. The Bertz CT molecular complexity index is 526. The zero-order chi connectivity index (χ0) is 13.1. The van der Waals surface area contributed by atoms with Crippen LogP contribution in [0, 0.1) is 6.92 Å². The topological polar surface area (TPSA) is 38.1 Å². The summed E-state index contributed by atoms with van der Waals surface area (Å²) in [5.41, 5.74) is 2.36. The highest BCUT2D eigenvalue weighted by atomic mass is 16.4. The van der Waals surface area contributed by atoms with Gasteiger partial charge in [-0.2, -0.15) is 0 Å². The molecular weight excluding hydrogens is 236 g/mol. The fourth-order valence-corrected chi connectivity index (χ4v) is 2.11. The summed E-state index contributed by atoms with van der Waals surface area (Å²) in [4.78, 5) is 4.35. The van der Waals surface area contributed by atoms with E-state index >= 15 is 0 Å². The number of nitrogens with one attached hydrogen (secondary N) is 1. The van der Waals surface area contributed by atoms with Crippen molar-refractivity contribution in [2.75, 3.05) is 6.54 Å². The lowest BCUT2D eigenvalue weighted by molar-refractivity contribution is 0.491. The molecule has 0 radical (unpaired) electrons. The van der Waals surface area contributed by atoms with Gasteiger partial charge in [-0.1, -0.05) is 29.8 Å². The summed E-state index contributed by atoms with van der Waals surface area (Å²) >= 11 is 0. The van der Waals surface area contributed by atoms with Crippen LogP contribution in [-0.2, 0) is 6.42 Å². The van der Waals surface area contributed by atoms with Crippen LogP contribution in [0.5, 0.6) is 0 Å². The summed E-state index contributed by atoms with van der Waals surface area (Å²) in [6.45, 7) is 3.15. The number of nitrogens with zero attached hydrogens (tertiary/aromatic N) is 1. The normalized spacial score (nSPS) is 14.8. The molecule has 0 saturated heterocycles. The molecule has 3 nitrogen and oxygen atoms in total. The molecule has 3 rings (SSSR count). The largest absolute Gasteiger partial charge is 0.441 e. The molecule has 1 heterocycles. The van der Waals surface area contributed by atoms with E-state index in [-0.39, 0.29) is 0 Å². The molecule has 1 aromatic heterocycles. The molecule has 0 amide bonds. The average Bonchev–Trinajstić information content (AvgIpc) is 3.13. The first kappa shape index (κ1) is 12.4. The second-order valence-corrected chi connectivity index (χ2v) is 5.32. The Balaban J connectivity index is 1.54. The summed E-state index contributed by atoms with van der Waals surface area (Å²) in [6.07, 6.45) is 6.51. The monoisotopic (exact) mass is 256 g/mol.